The van der Waals surface area contributed by atoms with Crippen LogP contribution in [0.25, 0.3) is 144 Å². The summed E-state index contributed by atoms with van der Waals surface area (Å²) in [5, 5.41) is 11.3. The Morgan fingerprint density at radius 2 is 0.855 bits per heavy atom. The van der Waals surface area contributed by atoms with E-state index < -0.39 is 0 Å². The molecule has 0 fully saturated rings. The average Bonchev–Trinajstić information content (AvgIpc) is 3.81. The van der Waals surface area contributed by atoms with Gasteiger partial charge in [-0.15, -0.1) is 0 Å². The highest BCUT2D eigenvalue weighted by Crippen LogP contribution is 2.42. The lowest BCUT2D eigenvalue weighted by Gasteiger charge is -2.15. The van der Waals surface area contributed by atoms with E-state index in [1.165, 1.54) is 10.8 Å². The number of benzene rings is 11. The van der Waals surface area contributed by atoms with Crippen molar-refractivity contribution in [1.29, 1.82) is 0 Å². The van der Waals surface area contributed by atoms with Gasteiger partial charge in [-0.3, -0.25) is 4.98 Å². The number of rotatable bonds is 6. The maximum absolute atomic E-state index is 6.60. The molecule has 14 rings (SSSR count). The second kappa shape index (κ2) is 15.6. The van der Waals surface area contributed by atoms with Crippen LogP contribution in [0.15, 0.2) is 229 Å². The molecule has 6 heteroatoms. The second-order valence-electron chi connectivity index (χ2n) is 17.6. The van der Waals surface area contributed by atoms with E-state index in [9.17, 15) is 0 Å². The Balaban J connectivity index is 1.01. The lowest BCUT2D eigenvalue weighted by atomic mass is 9.91. The van der Waals surface area contributed by atoms with Crippen LogP contribution in [0.1, 0.15) is 0 Å². The first-order chi connectivity index (χ1) is 34.2. The Morgan fingerprint density at radius 3 is 1.59 bits per heavy atom. The first kappa shape index (κ1) is 38.8. The van der Waals surface area contributed by atoms with E-state index in [4.69, 9.17) is 29.3 Å². The molecule has 320 valence electrons. The Bertz CT molecular complexity index is 4340. The zero-order chi connectivity index (χ0) is 45.4. The van der Waals surface area contributed by atoms with E-state index in [-0.39, 0.29) is 0 Å². The predicted molar refractivity (Wildman–Crippen MR) is 283 cm³/mol. The first-order valence-corrected chi connectivity index (χ1v) is 23.1. The third-order valence-corrected chi connectivity index (χ3v) is 13.5. The molecule has 0 aliphatic rings. The van der Waals surface area contributed by atoms with Gasteiger partial charge in [0.05, 0.1) is 22.9 Å². The molecule has 0 bridgehead atoms. The molecule has 69 heavy (non-hydrogen) atoms. The molecule has 0 atom stereocenters. The van der Waals surface area contributed by atoms with Gasteiger partial charge in [0.15, 0.2) is 17.5 Å². The van der Waals surface area contributed by atoms with Crippen LogP contribution >= 0.6 is 0 Å². The second-order valence-corrected chi connectivity index (χ2v) is 17.6. The monoisotopic (exact) mass is 879 g/mol. The van der Waals surface area contributed by atoms with Gasteiger partial charge in [0.25, 0.3) is 0 Å². The maximum Gasteiger partial charge on any atom is 0.164 e. The fourth-order valence-electron chi connectivity index (χ4n) is 10.3. The van der Waals surface area contributed by atoms with Crippen molar-refractivity contribution in [1.82, 2.24) is 24.9 Å². The minimum absolute atomic E-state index is 0.535. The number of hydrogen-bond acceptors (Lipinski definition) is 6. The SMILES string of the molecule is c1ccc(-c2nc(-c3cc(-c4cnc5c6ccccc6c6ccccc6c5n4)cc(-c4cc5ccccc5c5ccccc45)c3)nc(-c3ccc4c(c3)oc3cccc(-c5ccccc5)c34)n2)cc1. The van der Waals surface area contributed by atoms with Gasteiger partial charge in [-0.1, -0.05) is 176 Å². The fourth-order valence-corrected chi connectivity index (χ4v) is 10.3. The lowest BCUT2D eigenvalue weighted by molar-refractivity contribution is 0.669. The summed E-state index contributed by atoms with van der Waals surface area (Å²) in [6.07, 6.45) is 1.91. The summed E-state index contributed by atoms with van der Waals surface area (Å²) in [7, 11) is 0. The van der Waals surface area contributed by atoms with E-state index in [0.717, 1.165) is 115 Å². The van der Waals surface area contributed by atoms with E-state index in [0.29, 0.717) is 17.5 Å². The third kappa shape index (κ3) is 6.45. The van der Waals surface area contributed by atoms with Crippen molar-refractivity contribution in [2.75, 3.05) is 0 Å². The molecule has 0 saturated heterocycles. The highest BCUT2D eigenvalue weighted by atomic mass is 16.3. The van der Waals surface area contributed by atoms with Crippen LogP contribution in [-0.2, 0) is 0 Å². The number of nitrogens with zero attached hydrogens (tertiary/aromatic N) is 5. The summed E-state index contributed by atoms with van der Waals surface area (Å²) in [6, 6.07) is 76.1. The van der Waals surface area contributed by atoms with E-state index in [2.05, 4.69) is 176 Å². The molecule has 0 saturated carbocycles. The molecule has 0 amide bonds. The minimum atomic E-state index is 0.535. The summed E-state index contributed by atoms with van der Waals surface area (Å²) in [4.78, 5) is 26.4. The van der Waals surface area contributed by atoms with Crippen LogP contribution < -0.4 is 0 Å². The van der Waals surface area contributed by atoms with Crippen molar-refractivity contribution in [2.45, 2.75) is 0 Å². The number of hydrogen-bond donors (Lipinski definition) is 0. The summed E-state index contributed by atoms with van der Waals surface area (Å²) in [5.74, 6) is 1.64. The van der Waals surface area contributed by atoms with Crippen molar-refractivity contribution >= 4 is 76.1 Å². The molecular weight excluding hydrogens is 843 g/mol. The quantitative estimate of drug-likeness (QED) is 0.155. The Morgan fingerprint density at radius 1 is 0.290 bits per heavy atom. The molecule has 11 aromatic carbocycles. The van der Waals surface area contributed by atoms with Crippen molar-refractivity contribution in [2.24, 2.45) is 0 Å². The standard InChI is InChI=1S/C63H37N5O/c1-3-16-38(17-4-1)46-28-15-29-56-58(46)53-31-30-41(36-57(53)69-56)62-66-61(39-18-5-2-6-19-39)67-63(68-62)44-33-42(54-35-40-20-7-8-21-45(40)47-22-9-10-25-50(47)54)32-43(34-44)55-37-64-59-51-26-13-11-23-48(51)49-24-12-14-27-52(49)60(59)65-55/h1-37H. The molecule has 6 nitrogen and oxygen atoms in total. The Labute approximate surface area is 395 Å². The van der Waals surface area contributed by atoms with Gasteiger partial charge in [-0.05, 0) is 97.0 Å². The van der Waals surface area contributed by atoms with Gasteiger partial charge < -0.3 is 4.42 Å². The summed E-state index contributed by atoms with van der Waals surface area (Å²) < 4.78 is 6.60. The Hall–Kier alpha value is -9.39. The maximum atomic E-state index is 6.60. The average molecular weight is 880 g/mol. The van der Waals surface area contributed by atoms with Crippen molar-refractivity contribution < 1.29 is 4.42 Å². The molecule has 0 spiro atoms. The molecule has 0 unspecified atom stereocenters. The van der Waals surface area contributed by atoms with Gasteiger partial charge in [-0.25, -0.2) is 19.9 Å². The van der Waals surface area contributed by atoms with Crippen LogP contribution in [0.3, 0.4) is 0 Å². The largest absolute Gasteiger partial charge is 0.456 e. The van der Waals surface area contributed by atoms with Gasteiger partial charge in [-0.2, -0.15) is 0 Å². The van der Waals surface area contributed by atoms with E-state index in [1.807, 2.05) is 48.7 Å². The predicted octanol–water partition coefficient (Wildman–Crippen LogP) is 16.3. The molecule has 3 aromatic heterocycles. The van der Waals surface area contributed by atoms with Crippen LogP contribution in [-0.4, -0.2) is 24.9 Å². The first-order valence-electron chi connectivity index (χ1n) is 23.1. The smallest absolute Gasteiger partial charge is 0.164 e. The van der Waals surface area contributed by atoms with Gasteiger partial charge >= 0.3 is 0 Å². The zero-order valence-electron chi connectivity index (χ0n) is 37.0. The summed E-state index contributed by atoms with van der Waals surface area (Å²) in [5.41, 5.74) is 11.9. The van der Waals surface area contributed by atoms with Gasteiger partial charge in [0.2, 0.25) is 0 Å². The van der Waals surface area contributed by atoms with Crippen LogP contribution in [0.2, 0.25) is 0 Å². The van der Waals surface area contributed by atoms with Crippen molar-refractivity contribution in [3.8, 4) is 67.7 Å². The zero-order valence-corrected chi connectivity index (χ0v) is 37.0. The number of aromatic nitrogens is 5. The van der Waals surface area contributed by atoms with Crippen LogP contribution in [0.4, 0.5) is 0 Å². The van der Waals surface area contributed by atoms with Crippen molar-refractivity contribution in [3.05, 3.63) is 225 Å². The summed E-state index contributed by atoms with van der Waals surface area (Å²) >= 11 is 0. The topological polar surface area (TPSA) is 77.6 Å². The number of fused-ring (bicyclic) bond motifs is 12. The fraction of sp³-hybridized carbons (Fsp3) is 0. The Kier molecular flexibility index (Phi) is 8.79. The summed E-state index contributed by atoms with van der Waals surface area (Å²) in [6.45, 7) is 0. The normalized spacial score (nSPS) is 11.8. The molecule has 3 heterocycles. The highest BCUT2D eigenvalue weighted by Gasteiger charge is 2.20. The van der Waals surface area contributed by atoms with Crippen LogP contribution in [0.5, 0.6) is 0 Å². The molecule has 0 N–H and O–H groups in total. The molecule has 0 aliphatic carbocycles. The van der Waals surface area contributed by atoms with E-state index in [1.54, 1.807) is 0 Å². The van der Waals surface area contributed by atoms with Crippen molar-refractivity contribution in [3.63, 3.8) is 0 Å². The van der Waals surface area contributed by atoms with Crippen LogP contribution in [0, 0.1) is 0 Å². The van der Waals surface area contributed by atoms with Gasteiger partial charge in [0, 0.05) is 43.8 Å². The van der Waals surface area contributed by atoms with Gasteiger partial charge in [0.1, 0.15) is 11.2 Å². The third-order valence-electron chi connectivity index (χ3n) is 13.5. The molecule has 0 radical (unpaired) electrons. The molecule has 0 aliphatic heterocycles. The number of furan rings is 1. The molecular formula is C63H37N5O. The highest BCUT2D eigenvalue weighted by molar-refractivity contribution is 6.23. The molecule has 14 aromatic rings. The minimum Gasteiger partial charge on any atom is -0.456 e. The lowest BCUT2D eigenvalue weighted by Crippen LogP contribution is -2.01. The van der Waals surface area contributed by atoms with E-state index >= 15 is 0 Å².